The first-order valence-corrected chi connectivity index (χ1v) is 6.70. The molecule has 0 spiro atoms. The first-order chi connectivity index (χ1) is 8.90. The topological polar surface area (TPSA) is 30.5 Å². The monoisotopic (exact) mass is 257 g/mol. The van der Waals surface area contributed by atoms with Gasteiger partial charge in [-0.3, -0.25) is 0 Å². The molecular weight excluding hydrogens is 246 g/mol. The highest BCUT2D eigenvalue weighted by molar-refractivity contribution is 8.00. The highest BCUT2D eigenvalue weighted by Gasteiger charge is 2.24. The molecule has 0 aliphatic carbocycles. The number of thioether (sulfide) groups is 1. The summed E-state index contributed by atoms with van der Waals surface area (Å²) in [5.74, 6) is 1.67. The third kappa shape index (κ3) is 1.53. The molecule has 1 atom stereocenters. The molecule has 2 aromatic rings. The Balaban J connectivity index is 1.66. The molecule has 2 heterocycles. The SMILES string of the molecule is c1ccc2c(c1)NC(c1ccc3c(c1)OCO3)S2. The van der Waals surface area contributed by atoms with E-state index in [-0.39, 0.29) is 5.37 Å². The average Bonchev–Trinajstić information content (AvgIpc) is 3.04. The minimum absolute atomic E-state index is 0.247. The van der Waals surface area contributed by atoms with Gasteiger partial charge >= 0.3 is 0 Å². The zero-order valence-electron chi connectivity index (χ0n) is 9.55. The molecule has 2 aromatic carbocycles. The molecule has 0 bridgehead atoms. The lowest BCUT2D eigenvalue weighted by molar-refractivity contribution is 0.174. The van der Waals surface area contributed by atoms with E-state index in [1.165, 1.54) is 16.1 Å². The van der Waals surface area contributed by atoms with E-state index in [2.05, 4.69) is 41.7 Å². The quantitative estimate of drug-likeness (QED) is 0.845. The normalized spacial score (nSPS) is 19.4. The van der Waals surface area contributed by atoms with Crippen molar-refractivity contribution in [1.82, 2.24) is 0 Å². The molecule has 90 valence electrons. The number of hydrogen-bond acceptors (Lipinski definition) is 4. The summed E-state index contributed by atoms with van der Waals surface area (Å²) < 4.78 is 10.7. The summed E-state index contributed by atoms with van der Waals surface area (Å²) in [5.41, 5.74) is 2.41. The summed E-state index contributed by atoms with van der Waals surface area (Å²) in [6, 6.07) is 14.5. The number of benzene rings is 2. The lowest BCUT2D eigenvalue weighted by Crippen LogP contribution is -2.00. The van der Waals surface area contributed by atoms with Crippen molar-refractivity contribution >= 4 is 17.4 Å². The van der Waals surface area contributed by atoms with E-state index in [1.807, 2.05) is 17.8 Å². The van der Waals surface area contributed by atoms with Crippen molar-refractivity contribution in [2.24, 2.45) is 0 Å². The van der Waals surface area contributed by atoms with Crippen molar-refractivity contribution in [2.45, 2.75) is 10.3 Å². The molecule has 1 N–H and O–H groups in total. The van der Waals surface area contributed by atoms with Crippen LogP contribution in [0.2, 0.25) is 0 Å². The maximum absolute atomic E-state index is 5.42. The number of fused-ring (bicyclic) bond motifs is 2. The van der Waals surface area contributed by atoms with Crippen LogP contribution in [0.4, 0.5) is 5.69 Å². The summed E-state index contributed by atoms with van der Waals surface area (Å²) in [6.07, 6.45) is 0. The zero-order valence-corrected chi connectivity index (χ0v) is 10.4. The predicted molar refractivity (Wildman–Crippen MR) is 71.2 cm³/mol. The van der Waals surface area contributed by atoms with Crippen LogP contribution in [0.15, 0.2) is 47.4 Å². The molecule has 3 nitrogen and oxygen atoms in total. The Morgan fingerprint density at radius 3 is 2.89 bits per heavy atom. The van der Waals surface area contributed by atoms with Crippen LogP contribution < -0.4 is 14.8 Å². The van der Waals surface area contributed by atoms with Crippen LogP contribution in [0.1, 0.15) is 10.9 Å². The Labute approximate surface area is 109 Å². The maximum atomic E-state index is 5.42. The van der Waals surface area contributed by atoms with Gasteiger partial charge in [0, 0.05) is 10.6 Å². The molecule has 2 aliphatic heterocycles. The van der Waals surface area contributed by atoms with Gasteiger partial charge in [-0.2, -0.15) is 0 Å². The first kappa shape index (κ1) is 10.1. The smallest absolute Gasteiger partial charge is 0.231 e. The molecular formula is C14H11NO2S. The molecule has 0 saturated heterocycles. The van der Waals surface area contributed by atoms with E-state index in [1.54, 1.807) is 0 Å². The van der Waals surface area contributed by atoms with E-state index in [9.17, 15) is 0 Å². The number of hydrogen-bond donors (Lipinski definition) is 1. The Morgan fingerprint density at radius 2 is 1.94 bits per heavy atom. The number of ether oxygens (including phenoxy) is 2. The molecule has 2 aliphatic rings. The summed E-state index contributed by atoms with van der Waals surface area (Å²) in [6.45, 7) is 0.324. The van der Waals surface area contributed by atoms with Gasteiger partial charge in [0.1, 0.15) is 5.37 Å². The summed E-state index contributed by atoms with van der Waals surface area (Å²) in [5, 5.41) is 3.76. The Kier molecular flexibility index (Phi) is 2.17. The molecule has 4 rings (SSSR count). The van der Waals surface area contributed by atoms with Crippen molar-refractivity contribution in [1.29, 1.82) is 0 Å². The minimum atomic E-state index is 0.247. The van der Waals surface area contributed by atoms with Crippen molar-refractivity contribution < 1.29 is 9.47 Å². The third-order valence-corrected chi connectivity index (χ3v) is 4.35. The Bertz CT molecular complexity index is 589. The van der Waals surface area contributed by atoms with Crippen LogP contribution in [0, 0.1) is 0 Å². The molecule has 0 fully saturated rings. The van der Waals surface area contributed by atoms with E-state index < -0.39 is 0 Å². The molecule has 0 saturated carbocycles. The number of anilines is 1. The Hall–Kier alpha value is -1.81. The first-order valence-electron chi connectivity index (χ1n) is 5.82. The number of para-hydroxylation sites is 1. The fraction of sp³-hybridized carbons (Fsp3) is 0.143. The molecule has 4 heteroatoms. The van der Waals surface area contributed by atoms with Gasteiger partial charge in [-0.1, -0.05) is 30.0 Å². The van der Waals surface area contributed by atoms with Gasteiger partial charge in [-0.05, 0) is 29.8 Å². The second kappa shape index (κ2) is 3.85. The molecule has 0 amide bonds. The van der Waals surface area contributed by atoms with Crippen LogP contribution in [-0.2, 0) is 0 Å². The second-order valence-electron chi connectivity index (χ2n) is 4.25. The fourth-order valence-corrected chi connectivity index (χ4v) is 3.35. The lowest BCUT2D eigenvalue weighted by atomic mass is 10.2. The van der Waals surface area contributed by atoms with Gasteiger partial charge in [0.25, 0.3) is 0 Å². The average molecular weight is 257 g/mol. The number of nitrogens with one attached hydrogen (secondary N) is 1. The molecule has 0 aromatic heterocycles. The minimum Gasteiger partial charge on any atom is -0.454 e. The highest BCUT2D eigenvalue weighted by atomic mass is 32.2. The van der Waals surface area contributed by atoms with Crippen LogP contribution >= 0.6 is 11.8 Å². The van der Waals surface area contributed by atoms with Crippen molar-refractivity contribution in [2.75, 3.05) is 12.1 Å². The fourth-order valence-electron chi connectivity index (χ4n) is 2.21. The van der Waals surface area contributed by atoms with Gasteiger partial charge in [0.2, 0.25) is 6.79 Å². The highest BCUT2D eigenvalue weighted by Crippen LogP contribution is 2.47. The second-order valence-corrected chi connectivity index (χ2v) is 5.40. The standard InChI is InChI=1S/C14H11NO2S/c1-2-4-13-10(3-1)15-14(18-13)9-5-6-11-12(7-9)17-8-16-11/h1-7,14-15H,8H2. The summed E-state index contributed by atoms with van der Waals surface area (Å²) in [4.78, 5) is 1.29. The molecule has 1 unspecified atom stereocenters. The van der Waals surface area contributed by atoms with E-state index in [0.717, 1.165) is 11.5 Å². The molecule has 0 radical (unpaired) electrons. The van der Waals surface area contributed by atoms with Gasteiger partial charge in [0.05, 0.1) is 0 Å². The summed E-state index contributed by atoms with van der Waals surface area (Å²) >= 11 is 1.83. The van der Waals surface area contributed by atoms with Crippen LogP contribution in [-0.4, -0.2) is 6.79 Å². The van der Waals surface area contributed by atoms with Gasteiger partial charge < -0.3 is 14.8 Å². The van der Waals surface area contributed by atoms with Gasteiger partial charge in [-0.15, -0.1) is 0 Å². The van der Waals surface area contributed by atoms with Crippen molar-refractivity contribution in [3.05, 3.63) is 48.0 Å². The van der Waals surface area contributed by atoms with Crippen molar-refractivity contribution in [3.8, 4) is 11.5 Å². The van der Waals surface area contributed by atoms with Crippen LogP contribution in [0.3, 0.4) is 0 Å². The van der Waals surface area contributed by atoms with Gasteiger partial charge in [-0.25, -0.2) is 0 Å². The van der Waals surface area contributed by atoms with Crippen LogP contribution in [0.5, 0.6) is 11.5 Å². The van der Waals surface area contributed by atoms with E-state index in [4.69, 9.17) is 9.47 Å². The Morgan fingerprint density at radius 1 is 1.06 bits per heavy atom. The van der Waals surface area contributed by atoms with Gasteiger partial charge in [0.15, 0.2) is 11.5 Å². The lowest BCUT2D eigenvalue weighted by Gasteiger charge is -2.11. The third-order valence-electron chi connectivity index (χ3n) is 3.12. The van der Waals surface area contributed by atoms with E-state index in [0.29, 0.717) is 6.79 Å². The summed E-state index contributed by atoms with van der Waals surface area (Å²) in [7, 11) is 0. The largest absolute Gasteiger partial charge is 0.454 e. The van der Waals surface area contributed by atoms with Crippen LogP contribution in [0.25, 0.3) is 0 Å². The maximum Gasteiger partial charge on any atom is 0.231 e. The van der Waals surface area contributed by atoms with E-state index >= 15 is 0 Å². The number of rotatable bonds is 1. The zero-order chi connectivity index (χ0) is 11.9. The molecule has 18 heavy (non-hydrogen) atoms. The predicted octanol–water partition coefficient (Wildman–Crippen LogP) is 3.63. The van der Waals surface area contributed by atoms with Crippen molar-refractivity contribution in [3.63, 3.8) is 0 Å².